The number of carbonyl (C=O) groups is 1. The molecule has 1 saturated heterocycles. The summed E-state index contributed by atoms with van der Waals surface area (Å²) in [6.45, 7) is 3.96. The molecule has 1 aliphatic heterocycles. The van der Waals surface area contributed by atoms with E-state index < -0.39 is 0 Å². The van der Waals surface area contributed by atoms with Gasteiger partial charge in [0.05, 0.1) is 13.7 Å². The Bertz CT molecular complexity index is 698. The van der Waals surface area contributed by atoms with Crippen molar-refractivity contribution in [1.29, 1.82) is 0 Å². The summed E-state index contributed by atoms with van der Waals surface area (Å²) in [5.74, 6) is 1.69. The van der Waals surface area contributed by atoms with Crippen LogP contribution in [-0.2, 0) is 9.53 Å². The van der Waals surface area contributed by atoms with Gasteiger partial charge in [-0.25, -0.2) is 0 Å². The molecule has 2 aromatic carbocycles. The number of amides is 1. The predicted molar refractivity (Wildman–Crippen MR) is 105 cm³/mol. The zero-order valence-corrected chi connectivity index (χ0v) is 15.7. The van der Waals surface area contributed by atoms with Crippen molar-refractivity contribution in [2.24, 2.45) is 0 Å². The minimum absolute atomic E-state index is 0.0316. The van der Waals surface area contributed by atoms with Crippen molar-refractivity contribution >= 4 is 11.6 Å². The lowest BCUT2D eigenvalue weighted by Gasteiger charge is -2.36. The van der Waals surface area contributed by atoms with E-state index in [-0.39, 0.29) is 12.5 Å². The molecule has 6 heteroatoms. The minimum Gasteiger partial charge on any atom is -0.497 e. The summed E-state index contributed by atoms with van der Waals surface area (Å²) < 4.78 is 16.2. The Morgan fingerprint density at radius 1 is 0.889 bits per heavy atom. The molecular weight excluding hydrogens is 344 g/mol. The van der Waals surface area contributed by atoms with Crippen LogP contribution in [0.5, 0.6) is 11.5 Å². The Hall–Kier alpha value is -2.73. The molecule has 0 bridgehead atoms. The first-order valence-corrected chi connectivity index (χ1v) is 9.18. The molecule has 0 unspecified atom stereocenters. The van der Waals surface area contributed by atoms with Gasteiger partial charge in [0.15, 0.2) is 0 Å². The van der Waals surface area contributed by atoms with E-state index in [2.05, 4.69) is 4.90 Å². The van der Waals surface area contributed by atoms with Crippen LogP contribution in [0.2, 0.25) is 0 Å². The molecule has 0 saturated carbocycles. The number of carbonyl (C=O) groups excluding carboxylic acids is 1. The third-order valence-electron chi connectivity index (χ3n) is 4.54. The fourth-order valence-corrected chi connectivity index (χ4v) is 2.99. The van der Waals surface area contributed by atoms with E-state index in [1.807, 2.05) is 59.5 Å². The van der Waals surface area contributed by atoms with Gasteiger partial charge in [-0.2, -0.15) is 0 Å². The molecule has 0 spiro atoms. The first-order chi connectivity index (χ1) is 13.3. The van der Waals surface area contributed by atoms with Crippen molar-refractivity contribution in [2.45, 2.75) is 0 Å². The third kappa shape index (κ3) is 5.62. The van der Waals surface area contributed by atoms with Crippen LogP contribution in [0.15, 0.2) is 54.6 Å². The maximum atomic E-state index is 12.3. The third-order valence-corrected chi connectivity index (χ3v) is 4.54. The van der Waals surface area contributed by atoms with Gasteiger partial charge < -0.3 is 24.0 Å². The molecule has 0 aromatic heterocycles. The predicted octanol–water partition coefficient (Wildman–Crippen LogP) is 2.44. The Kier molecular flexibility index (Phi) is 6.93. The van der Waals surface area contributed by atoms with Crippen LogP contribution in [0.25, 0.3) is 0 Å². The maximum Gasteiger partial charge on any atom is 0.248 e. The van der Waals surface area contributed by atoms with Gasteiger partial charge in [0.25, 0.3) is 0 Å². The second-order valence-electron chi connectivity index (χ2n) is 6.28. The quantitative estimate of drug-likeness (QED) is 0.668. The summed E-state index contributed by atoms with van der Waals surface area (Å²) >= 11 is 0. The Morgan fingerprint density at radius 2 is 1.59 bits per heavy atom. The fourth-order valence-electron chi connectivity index (χ4n) is 2.99. The van der Waals surface area contributed by atoms with Crippen molar-refractivity contribution in [2.75, 3.05) is 58.0 Å². The van der Waals surface area contributed by atoms with Crippen LogP contribution in [0.1, 0.15) is 0 Å². The summed E-state index contributed by atoms with van der Waals surface area (Å²) in [7, 11) is 1.66. The molecule has 144 valence electrons. The van der Waals surface area contributed by atoms with Crippen LogP contribution in [-0.4, -0.2) is 63.9 Å². The fraction of sp³-hybridized carbons (Fsp3) is 0.381. The van der Waals surface area contributed by atoms with E-state index in [1.165, 1.54) is 0 Å². The largest absolute Gasteiger partial charge is 0.497 e. The van der Waals surface area contributed by atoms with E-state index >= 15 is 0 Å². The van der Waals surface area contributed by atoms with Crippen molar-refractivity contribution in [1.82, 2.24) is 4.90 Å². The number of nitrogens with zero attached hydrogens (tertiary/aromatic N) is 2. The van der Waals surface area contributed by atoms with Crippen molar-refractivity contribution < 1.29 is 19.0 Å². The van der Waals surface area contributed by atoms with Crippen LogP contribution in [0.3, 0.4) is 0 Å². The summed E-state index contributed by atoms with van der Waals surface area (Å²) in [5, 5.41) is 0. The summed E-state index contributed by atoms with van der Waals surface area (Å²) in [6, 6.07) is 17.6. The zero-order valence-electron chi connectivity index (χ0n) is 15.7. The topological polar surface area (TPSA) is 51.2 Å². The smallest absolute Gasteiger partial charge is 0.248 e. The van der Waals surface area contributed by atoms with E-state index in [0.717, 1.165) is 30.3 Å². The van der Waals surface area contributed by atoms with Crippen LogP contribution in [0.4, 0.5) is 5.69 Å². The van der Waals surface area contributed by atoms with E-state index in [4.69, 9.17) is 14.2 Å². The van der Waals surface area contributed by atoms with Crippen LogP contribution in [0, 0.1) is 0 Å². The number of ether oxygens (including phenoxy) is 3. The monoisotopic (exact) mass is 370 g/mol. The first kappa shape index (κ1) is 19.0. The molecule has 0 N–H and O–H groups in total. The normalized spacial score (nSPS) is 14.1. The molecule has 1 fully saturated rings. The maximum absolute atomic E-state index is 12.3. The summed E-state index contributed by atoms with van der Waals surface area (Å²) in [5.41, 5.74) is 1.15. The van der Waals surface area contributed by atoms with E-state index in [9.17, 15) is 4.79 Å². The van der Waals surface area contributed by atoms with Gasteiger partial charge in [-0.1, -0.05) is 18.2 Å². The Morgan fingerprint density at radius 3 is 2.26 bits per heavy atom. The second-order valence-corrected chi connectivity index (χ2v) is 6.28. The highest BCUT2D eigenvalue weighted by molar-refractivity contribution is 5.77. The van der Waals surface area contributed by atoms with Gasteiger partial charge in [0.1, 0.15) is 24.7 Å². The summed E-state index contributed by atoms with van der Waals surface area (Å²) in [6.07, 6.45) is 0. The molecule has 1 amide bonds. The lowest BCUT2D eigenvalue weighted by molar-refractivity contribution is -0.136. The van der Waals surface area contributed by atoms with Crippen LogP contribution >= 0.6 is 0 Å². The Labute approximate surface area is 160 Å². The highest BCUT2D eigenvalue weighted by Gasteiger charge is 2.21. The van der Waals surface area contributed by atoms with E-state index in [1.54, 1.807) is 7.11 Å². The number of piperazine rings is 1. The summed E-state index contributed by atoms with van der Waals surface area (Å²) in [4.78, 5) is 16.4. The van der Waals surface area contributed by atoms with Gasteiger partial charge in [-0.3, -0.25) is 4.79 Å². The van der Waals surface area contributed by atoms with Gasteiger partial charge in [0, 0.05) is 31.9 Å². The van der Waals surface area contributed by atoms with E-state index in [0.29, 0.717) is 26.3 Å². The van der Waals surface area contributed by atoms with Gasteiger partial charge in [0.2, 0.25) is 5.91 Å². The van der Waals surface area contributed by atoms with Crippen molar-refractivity contribution in [3.8, 4) is 11.5 Å². The van der Waals surface area contributed by atoms with Crippen molar-refractivity contribution in [3.63, 3.8) is 0 Å². The molecule has 27 heavy (non-hydrogen) atoms. The van der Waals surface area contributed by atoms with Gasteiger partial charge in [-0.05, 0) is 36.4 Å². The molecule has 0 atom stereocenters. The number of hydrogen-bond acceptors (Lipinski definition) is 5. The SMILES string of the molecule is COc1ccc(N2CCN(C(=O)COCCOc3ccccc3)CC2)cc1. The lowest BCUT2D eigenvalue weighted by Crippen LogP contribution is -2.49. The molecule has 6 nitrogen and oxygen atoms in total. The molecular formula is C21H26N2O4. The number of para-hydroxylation sites is 1. The van der Waals surface area contributed by atoms with Gasteiger partial charge in [-0.15, -0.1) is 0 Å². The number of hydrogen-bond donors (Lipinski definition) is 0. The number of anilines is 1. The van der Waals surface area contributed by atoms with Gasteiger partial charge >= 0.3 is 0 Å². The molecule has 3 rings (SSSR count). The number of rotatable bonds is 8. The molecule has 0 aliphatic carbocycles. The lowest BCUT2D eigenvalue weighted by atomic mass is 10.2. The van der Waals surface area contributed by atoms with Crippen molar-refractivity contribution in [3.05, 3.63) is 54.6 Å². The number of methoxy groups -OCH3 is 1. The minimum atomic E-state index is 0.0316. The average molecular weight is 370 g/mol. The molecule has 1 heterocycles. The zero-order chi connectivity index (χ0) is 18.9. The van der Waals surface area contributed by atoms with Crippen LogP contribution < -0.4 is 14.4 Å². The Balaban J connectivity index is 1.33. The highest BCUT2D eigenvalue weighted by Crippen LogP contribution is 2.20. The molecule has 2 aromatic rings. The molecule has 1 aliphatic rings. The standard InChI is InChI=1S/C21H26N2O4/c1-25-19-9-7-18(8-10-19)22-11-13-23(14-12-22)21(24)17-26-15-16-27-20-5-3-2-4-6-20/h2-10H,11-17H2,1H3. The first-order valence-electron chi connectivity index (χ1n) is 9.18. The molecule has 0 radical (unpaired) electrons. The number of benzene rings is 2. The highest BCUT2D eigenvalue weighted by atomic mass is 16.5. The second kappa shape index (κ2) is 9.83. The average Bonchev–Trinajstić information content (AvgIpc) is 2.74.